The first-order valence-corrected chi connectivity index (χ1v) is 12.0. The van der Waals surface area contributed by atoms with Crippen molar-refractivity contribution in [1.82, 2.24) is 0 Å². The van der Waals surface area contributed by atoms with E-state index >= 15 is 0 Å². The normalized spacial score (nSPS) is 8.60. The van der Waals surface area contributed by atoms with Gasteiger partial charge in [-0.15, -0.1) is 28.1 Å². The molecule has 1 rings (SSSR count). The average molecular weight is 387 g/mol. The molecule has 0 fully saturated rings. The van der Waals surface area contributed by atoms with Gasteiger partial charge in [0.15, 0.2) is 0 Å². The minimum absolute atomic E-state index is 0.311. The van der Waals surface area contributed by atoms with E-state index in [1.807, 2.05) is 24.3 Å². The molecule has 0 aromatic heterocycles. The number of hydrogen-bond acceptors (Lipinski definition) is 2. The summed E-state index contributed by atoms with van der Waals surface area (Å²) in [6.07, 6.45) is 1.47. The predicted molar refractivity (Wildman–Crippen MR) is 63.1 cm³/mol. The molecule has 1 aromatic rings. The quantitative estimate of drug-likeness (QED) is 0.451. The van der Waals surface area contributed by atoms with Crippen LogP contribution in [-0.2, 0) is 25.9 Å². The van der Waals surface area contributed by atoms with Gasteiger partial charge in [-0.05, 0) is 6.92 Å². The Bertz CT molecular complexity index is 305. The molecular formula is C10H10Br2O2Zn. The van der Waals surface area contributed by atoms with Crippen LogP contribution in [0.2, 0.25) is 0 Å². The summed E-state index contributed by atoms with van der Waals surface area (Å²) < 4.78 is 5.68. The zero-order valence-electron chi connectivity index (χ0n) is 8.37. The van der Waals surface area contributed by atoms with Crippen LogP contribution in [0.1, 0.15) is 12.5 Å². The molecule has 0 saturated carbocycles. The number of rotatable bonds is 3. The van der Waals surface area contributed by atoms with Crippen LogP contribution in [0, 0.1) is 6.42 Å². The van der Waals surface area contributed by atoms with E-state index in [2.05, 4.69) is 29.6 Å². The molecule has 0 radical (unpaired) electrons. The standard InChI is InChI=1S/C10H10BrO2.BrH.Zn/c1-2-13-10(12)7-8-5-3-4-6-9(8)11;;/h3-7H,2H2,1H3;1H;/q-1;;+2/p-1. The van der Waals surface area contributed by atoms with Gasteiger partial charge in [0.25, 0.3) is 5.97 Å². The fourth-order valence-corrected chi connectivity index (χ4v) is 1.30. The molecular weight excluding hydrogens is 377 g/mol. The van der Waals surface area contributed by atoms with Gasteiger partial charge in [-0.1, -0.05) is 17.0 Å². The summed E-state index contributed by atoms with van der Waals surface area (Å²) in [5.74, 6) is -0.311. The monoisotopic (exact) mass is 384 g/mol. The predicted octanol–water partition coefficient (Wildman–Crippen LogP) is 3.41. The summed E-state index contributed by atoms with van der Waals surface area (Å²) in [7, 11) is 0. The molecule has 2 nitrogen and oxygen atoms in total. The van der Waals surface area contributed by atoms with Crippen LogP contribution in [0.15, 0.2) is 28.7 Å². The van der Waals surface area contributed by atoms with Crippen molar-refractivity contribution < 1.29 is 25.9 Å². The van der Waals surface area contributed by atoms with Gasteiger partial charge in [0, 0.05) is 0 Å². The second-order valence-corrected chi connectivity index (χ2v) is 3.27. The molecule has 0 heterocycles. The van der Waals surface area contributed by atoms with Gasteiger partial charge in [-0.25, -0.2) is 0 Å². The summed E-state index contributed by atoms with van der Waals surface area (Å²) in [5.41, 5.74) is 0.834. The van der Waals surface area contributed by atoms with Gasteiger partial charge in [-0.3, -0.25) is 4.79 Å². The maximum absolute atomic E-state index is 11.1. The number of hydrogen-bond donors (Lipinski definition) is 0. The number of carbonyl (C=O) groups excluding carboxylic acids is 1. The first-order chi connectivity index (χ1) is 7.24. The molecule has 0 aliphatic rings. The fourth-order valence-electron chi connectivity index (χ4n) is 0.903. The summed E-state index contributed by atoms with van der Waals surface area (Å²) >= 11 is 7.59. The van der Waals surface area contributed by atoms with E-state index in [4.69, 9.17) is 4.74 Å². The number of halogens is 2. The Labute approximate surface area is 115 Å². The van der Waals surface area contributed by atoms with E-state index in [-0.39, 0.29) is 5.97 Å². The van der Waals surface area contributed by atoms with Crippen molar-refractivity contribution in [3.8, 4) is 0 Å². The van der Waals surface area contributed by atoms with Gasteiger partial charge in [0.2, 0.25) is 0 Å². The molecule has 0 aliphatic heterocycles. The SMILES string of the molecule is CCOC(=O)[CH-]c1ccccc1Br.[Zn+][Br]. The van der Waals surface area contributed by atoms with Crippen LogP contribution >= 0.6 is 29.6 Å². The number of ether oxygens (including phenoxy) is 1. The Kier molecular flexibility index (Phi) is 9.46. The molecule has 0 unspecified atom stereocenters. The van der Waals surface area contributed by atoms with E-state index < -0.39 is 0 Å². The first kappa shape index (κ1) is 15.1. The second kappa shape index (κ2) is 9.38. The van der Waals surface area contributed by atoms with Gasteiger partial charge in [0.05, 0.1) is 6.61 Å². The van der Waals surface area contributed by atoms with Gasteiger partial charge in [0.1, 0.15) is 0 Å². The van der Waals surface area contributed by atoms with Crippen molar-refractivity contribution in [3.05, 3.63) is 40.7 Å². The molecule has 0 atom stereocenters. The van der Waals surface area contributed by atoms with E-state index in [0.29, 0.717) is 6.61 Å². The Morgan fingerprint density at radius 2 is 2.07 bits per heavy atom. The van der Waals surface area contributed by atoms with E-state index in [1.165, 1.54) is 22.8 Å². The van der Waals surface area contributed by atoms with Crippen molar-refractivity contribution in [2.45, 2.75) is 6.92 Å². The van der Waals surface area contributed by atoms with Crippen LogP contribution in [0.4, 0.5) is 0 Å². The first-order valence-electron chi connectivity index (χ1n) is 4.26. The zero-order valence-corrected chi connectivity index (χ0v) is 14.5. The van der Waals surface area contributed by atoms with Crippen molar-refractivity contribution in [2.24, 2.45) is 0 Å². The third-order valence-electron chi connectivity index (χ3n) is 1.47. The third kappa shape index (κ3) is 6.34. The number of carbonyl (C=O) groups is 1. The van der Waals surface area contributed by atoms with E-state index in [0.717, 1.165) is 10.0 Å². The molecule has 78 valence electrons. The second-order valence-electron chi connectivity index (χ2n) is 2.42. The van der Waals surface area contributed by atoms with E-state index in [9.17, 15) is 4.79 Å². The fraction of sp³-hybridized carbons (Fsp3) is 0.200. The number of esters is 1. The Morgan fingerprint density at radius 3 is 2.60 bits per heavy atom. The van der Waals surface area contributed by atoms with E-state index in [1.54, 1.807) is 6.92 Å². The topological polar surface area (TPSA) is 26.3 Å². The molecule has 0 aliphatic carbocycles. The summed E-state index contributed by atoms with van der Waals surface area (Å²) in [5, 5.41) is 0. The van der Waals surface area contributed by atoms with Crippen LogP contribution in [-0.4, -0.2) is 12.6 Å². The average Bonchev–Trinajstić information content (AvgIpc) is 2.25. The maximum atomic E-state index is 11.1. The molecule has 1 aromatic carbocycles. The molecule has 0 bridgehead atoms. The Balaban J connectivity index is 0.000000921. The molecule has 0 spiro atoms. The Morgan fingerprint density at radius 1 is 1.47 bits per heavy atom. The minimum atomic E-state index is -0.311. The van der Waals surface area contributed by atoms with Crippen LogP contribution < -0.4 is 0 Å². The molecule has 5 heteroatoms. The van der Waals surface area contributed by atoms with Crippen molar-refractivity contribution >= 4 is 35.5 Å². The third-order valence-corrected chi connectivity index (χ3v) is 2.19. The van der Waals surface area contributed by atoms with Crippen molar-refractivity contribution in [1.29, 1.82) is 0 Å². The van der Waals surface area contributed by atoms with Crippen molar-refractivity contribution in [3.63, 3.8) is 0 Å². The zero-order chi connectivity index (χ0) is 11.7. The summed E-state index contributed by atoms with van der Waals surface area (Å²) in [4.78, 5) is 11.1. The van der Waals surface area contributed by atoms with Gasteiger partial charge >= 0.3 is 30.0 Å². The number of benzene rings is 1. The summed E-state index contributed by atoms with van der Waals surface area (Å²) in [6.45, 7) is 2.19. The summed E-state index contributed by atoms with van der Waals surface area (Å²) in [6, 6.07) is 7.49. The molecule has 15 heavy (non-hydrogen) atoms. The van der Waals surface area contributed by atoms with Crippen LogP contribution in [0.5, 0.6) is 0 Å². The van der Waals surface area contributed by atoms with Crippen molar-refractivity contribution in [2.75, 3.05) is 6.61 Å². The Hall–Kier alpha value is 0.143. The van der Waals surface area contributed by atoms with Gasteiger partial charge in [-0.2, -0.15) is 11.6 Å². The molecule has 0 N–H and O–H groups in total. The van der Waals surface area contributed by atoms with Gasteiger partial charge < -0.3 is 4.74 Å². The van der Waals surface area contributed by atoms with Crippen LogP contribution in [0.25, 0.3) is 0 Å². The molecule has 0 amide bonds. The van der Waals surface area contributed by atoms with Crippen LogP contribution in [0.3, 0.4) is 0 Å². The molecule has 0 saturated heterocycles.